The van der Waals surface area contributed by atoms with E-state index in [-0.39, 0.29) is 26.9 Å². The first-order chi connectivity index (χ1) is 14.1. The van der Waals surface area contributed by atoms with E-state index in [0.29, 0.717) is 0 Å². The zero-order valence-electron chi connectivity index (χ0n) is 15.1. The Hall–Kier alpha value is -3.04. The molecule has 0 unspecified atom stereocenters. The fourth-order valence-electron chi connectivity index (χ4n) is 2.53. The number of hydrogen-bond donors (Lipinski definition) is 2. The van der Waals surface area contributed by atoms with E-state index in [2.05, 4.69) is 10.0 Å². The summed E-state index contributed by atoms with van der Waals surface area (Å²) in [6.45, 7) is 0. The number of nitrogens with one attached hydrogen (secondary N) is 2. The van der Waals surface area contributed by atoms with E-state index in [9.17, 15) is 26.4 Å². The van der Waals surface area contributed by atoms with Crippen LogP contribution in [0.25, 0.3) is 0 Å². The molecule has 0 heterocycles. The molecule has 0 aromatic heterocycles. The second kappa shape index (κ2) is 8.37. The number of alkyl halides is 3. The van der Waals surface area contributed by atoms with Gasteiger partial charge >= 0.3 is 6.18 Å². The van der Waals surface area contributed by atoms with Gasteiger partial charge in [-0.3, -0.25) is 9.52 Å². The lowest BCUT2D eigenvalue weighted by atomic mass is 10.1. The molecule has 0 aliphatic rings. The summed E-state index contributed by atoms with van der Waals surface area (Å²) in [7, 11) is -3.87. The summed E-state index contributed by atoms with van der Waals surface area (Å²) in [4.78, 5) is 12.5. The summed E-state index contributed by atoms with van der Waals surface area (Å²) in [6.07, 6.45) is -4.60. The molecule has 30 heavy (non-hydrogen) atoms. The van der Waals surface area contributed by atoms with Crippen LogP contribution in [0.4, 0.5) is 24.5 Å². The van der Waals surface area contributed by atoms with Gasteiger partial charge in [0.2, 0.25) is 0 Å². The van der Waals surface area contributed by atoms with Gasteiger partial charge in [0.1, 0.15) is 0 Å². The topological polar surface area (TPSA) is 75.3 Å². The van der Waals surface area contributed by atoms with Gasteiger partial charge in [-0.05, 0) is 48.5 Å². The molecule has 0 aliphatic heterocycles. The quantitative estimate of drug-likeness (QED) is 0.541. The Morgan fingerprint density at radius 2 is 1.60 bits per heavy atom. The number of hydrogen-bond acceptors (Lipinski definition) is 3. The molecule has 0 saturated carbocycles. The second-order valence-corrected chi connectivity index (χ2v) is 8.24. The minimum atomic E-state index is -4.60. The van der Waals surface area contributed by atoms with Crippen molar-refractivity contribution in [2.24, 2.45) is 0 Å². The number of benzene rings is 3. The molecule has 2 N–H and O–H groups in total. The molecule has 0 saturated heterocycles. The van der Waals surface area contributed by atoms with Crippen LogP contribution in [0.2, 0.25) is 5.02 Å². The van der Waals surface area contributed by atoms with Crippen molar-refractivity contribution in [3.05, 3.63) is 88.9 Å². The summed E-state index contributed by atoms with van der Waals surface area (Å²) < 4.78 is 65.8. The van der Waals surface area contributed by atoms with Gasteiger partial charge in [-0.1, -0.05) is 35.9 Å². The van der Waals surface area contributed by atoms with Gasteiger partial charge in [0, 0.05) is 11.3 Å². The van der Waals surface area contributed by atoms with E-state index >= 15 is 0 Å². The summed E-state index contributed by atoms with van der Waals surface area (Å²) in [6, 6.07) is 15.7. The maximum absolute atomic E-state index is 12.9. The molecule has 0 radical (unpaired) electrons. The van der Waals surface area contributed by atoms with Crippen LogP contribution in [0, 0.1) is 0 Å². The third-order valence-electron chi connectivity index (χ3n) is 3.97. The third-order valence-corrected chi connectivity index (χ3v) is 5.70. The highest BCUT2D eigenvalue weighted by atomic mass is 35.5. The van der Waals surface area contributed by atoms with E-state index < -0.39 is 27.7 Å². The lowest BCUT2D eigenvalue weighted by molar-refractivity contribution is -0.137. The maximum Gasteiger partial charge on any atom is 0.416 e. The SMILES string of the molecule is O=C(Nc1cc(C(F)(F)F)ccc1Cl)c1cccc(NS(=O)(=O)c2ccccc2)c1. The highest BCUT2D eigenvalue weighted by Gasteiger charge is 2.31. The molecular weight excluding hydrogens is 441 g/mol. The molecule has 0 fully saturated rings. The van der Waals surface area contributed by atoms with Crippen LogP contribution in [0.1, 0.15) is 15.9 Å². The summed E-state index contributed by atoms with van der Waals surface area (Å²) in [5.74, 6) is -0.753. The standard InChI is InChI=1S/C20H14ClF3N2O3S/c21-17-10-9-14(20(22,23)24)12-18(17)25-19(27)13-5-4-6-15(11-13)26-30(28,29)16-7-2-1-3-8-16/h1-12,26H,(H,25,27). The van der Waals surface area contributed by atoms with Crippen molar-refractivity contribution in [2.45, 2.75) is 11.1 Å². The van der Waals surface area contributed by atoms with Gasteiger partial charge in [-0.25, -0.2) is 8.42 Å². The average Bonchev–Trinajstić information content (AvgIpc) is 2.69. The Morgan fingerprint density at radius 3 is 2.27 bits per heavy atom. The molecule has 3 aromatic rings. The molecule has 5 nitrogen and oxygen atoms in total. The Balaban J connectivity index is 1.82. The zero-order valence-corrected chi connectivity index (χ0v) is 16.6. The largest absolute Gasteiger partial charge is 0.416 e. The fraction of sp³-hybridized carbons (Fsp3) is 0.0500. The Morgan fingerprint density at radius 1 is 0.900 bits per heavy atom. The zero-order chi connectivity index (χ0) is 21.9. The number of amides is 1. The van der Waals surface area contributed by atoms with Gasteiger partial charge in [-0.2, -0.15) is 13.2 Å². The van der Waals surface area contributed by atoms with Crippen LogP contribution < -0.4 is 10.0 Å². The van der Waals surface area contributed by atoms with Crippen molar-refractivity contribution in [2.75, 3.05) is 10.0 Å². The van der Waals surface area contributed by atoms with Gasteiger partial charge in [0.05, 0.1) is 21.2 Å². The molecule has 3 rings (SSSR count). The summed E-state index contributed by atoms with van der Waals surface area (Å²) >= 11 is 5.89. The Kier molecular flexibility index (Phi) is 6.04. The fourth-order valence-corrected chi connectivity index (χ4v) is 3.76. The molecule has 156 valence electrons. The second-order valence-electron chi connectivity index (χ2n) is 6.15. The van der Waals surface area contributed by atoms with Crippen molar-refractivity contribution >= 4 is 38.9 Å². The lowest BCUT2D eigenvalue weighted by Crippen LogP contribution is -2.15. The highest BCUT2D eigenvalue weighted by molar-refractivity contribution is 7.92. The van der Waals surface area contributed by atoms with Gasteiger partial charge in [0.25, 0.3) is 15.9 Å². The van der Waals surface area contributed by atoms with Crippen molar-refractivity contribution < 1.29 is 26.4 Å². The van der Waals surface area contributed by atoms with Crippen LogP contribution in [0.3, 0.4) is 0 Å². The van der Waals surface area contributed by atoms with E-state index in [0.717, 1.165) is 18.2 Å². The van der Waals surface area contributed by atoms with Gasteiger partial charge in [0.15, 0.2) is 0 Å². The molecule has 1 amide bonds. The van der Waals surface area contributed by atoms with E-state index in [4.69, 9.17) is 11.6 Å². The smallest absolute Gasteiger partial charge is 0.321 e. The third kappa shape index (κ3) is 5.11. The molecule has 0 aliphatic carbocycles. The Bertz CT molecular complexity index is 1180. The van der Waals surface area contributed by atoms with Crippen molar-refractivity contribution in [3.63, 3.8) is 0 Å². The number of sulfonamides is 1. The van der Waals surface area contributed by atoms with Gasteiger partial charge < -0.3 is 5.32 Å². The normalized spacial score (nSPS) is 11.7. The van der Waals surface area contributed by atoms with Crippen LogP contribution in [-0.4, -0.2) is 14.3 Å². The number of carbonyl (C=O) groups is 1. The highest BCUT2D eigenvalue weighted by Crippen LogP contribution is 2.34. The number of anilines is 2. The molecule has 0 spiro atoms. The van der Waals surface area contributed by atoms with Crippen LogP contribution in [-0.2, 0) is 16.2 Å². The van der Waals surface area contributed by atoms with Crippen molar-refractivity contribution in [1.29, 1.82) is 0 Å². The first-order valence-corrected chi connectivity index (χ1v) is 10.3. The van der Waals surface area contributed by atoms with E-state index in [1.165, 1.54) is 36.4 Å². The summed E-state index contributed by atoms with van der Waals surface area (Å²) in [5.41, 5.74) is -1.04. The molecule has 3 aromatic carbocycles. The molecule has 0 bridgehead atoms. The first-order valence-electron chi connectivity index (χ1n) is 8.42. The summed E-state index contributed by atoms with van der Waals surface area (Å²) in [5, 5.41) is 2.24. The number of halogens is 4. The maximum atomic E-state index is 12.9. The Labute approximate surface area is 175 Å². The van der Waals surface area contributed by atoms with Crippen LogP contribution in [0.15, 0.2) is 77.7 Å². The van der Waals surface area contributed by atoms with E-state index in [1.807, 2.05) is 0 Å². The predicted octanol–water partition coefficient (Wildman–Crippen LogP) is 5.41. The molecule has 10 heteroatoms. The minimum absolute atomic E-state index is 0.0248. The van der Waals surface area contributed by atoms with Crippen LogP contribution in [0.5, 0.6) is 0 Å². The predicted molar refractivity (Wildman–Crippen MR) is 108 cm³/mol. The van der Waals surface area contributed by atoms with Crippen LogP contribution >= 0.6 is 11.6 Å². The minimum Gasteiger partial charge on any atom is -0.321 e. The van der Waals surface area contributed by atoms with Crippen molar-refractivity contribution in [3.8, 4) is 0 Å². The number of rotatable bonds is 5. The number of carbonyl (C=O) groups excluding carboxylic acids is 1. The molecule has 0 atom stereocenters. The first kappa shape index (κ1) is 21.7. The monoisotopic (exact) mass is 454 g/mol. The average molecular weight is 455 g/mol. The van der Waals surface area contributed by atoms with E-state index in [1.54, 1.807) is 18.2 Å². The van der Waals surface area contributed by atoms with Gasteiger partial charge in [-0.15, -0.1) is 0 Å². The van der Waals surface area contributed by atoms with Crippen molar-refractivity contribution in [1.82, 2.24) is 0 Å². The molecular formula is C20H14ClF3N2O3S. The lowest BCUT2D eigenvalue weighted by Gasteiger charge is -2.12.